The van der Waals surface area contributed by atoms with Crippen LogP contribution in [0.2, 0.25) is 0 Å². The highest BCUT2D eigenvalue weighted by atomic mass is 16.3. The van der Waals surface area contributed by atoms with Crippen molar-refractivity contribution in [1.29, 1.82) is 0 Å². The molecule has 0 heterocycles. The van der Waals surface area contributed by atoms with Gasteiger partial charge in [0.05, 0.1) is 0 Å². The molecule has 0 amide bonds. The first kappa shape index (κ1) is 22.2. The SMILES string of the molecule is CC.Cc1ccc(O)c(C(CCN(C(C)C)C(C)C)c2ccccc2)c1. The van der Waals surface area contributed by atoms with Crippen LogP contribution in [0.15, 0.2) is 48.5 Å². The number of hydrogen-bond acceptors (Lipinski definition) is 2. The standard InChI is InChI=1S/C22H31NO.C2H6/c1-16(2)23(17(3)4)14-13-20(19-9-7-6-8-10-19)21-15-18(5)11-12-22(21)24;1-2/h6-12,15-17,20,24H,13-14H2,1-5H3;1-2H3. The third-order valence-corrected chi connectivity index (χ3v) is 4.76. The van der Waals surface area contributed by atoms with Gasteiger partial charge in [-0.2, -0.15) is 0 Å². The van der Waals surface area contributed by atoms with E-state index in [-0.39, 0.29) is 5.92 Å². The Morgan fingerprint density at radius 2 is 1.46 bits per heavy atom. The van der Waals surface area contributed by atoms with Gasteiger partial charge >= 0.3 is 0 Å². The van der Waals surface area contributed by atoms with Gasteiger partial charge in [-0.1, -0.05) is 61.9 Å². The average molecular weight is 356 g/mol. The first-order chi connectivity index (χ1) is 12.4. The van der Waals surface area contributed by atoms with E-state index in [0.717, 1.165) is 18.5 Å². The molecule has 0 radical (unpaired) electrons. The van der Waals surface area contributed by atoms with Crippen molar-refractivity contribution in [3.63, 3.8) is 0 Å². The third kappa shape index (κ3) is 6.17. The molecule has 0 fully saturated rings. The number of nitrogens with zero attached hydrogens (tertiary/aromatic N) is 1. The maximum atomic E-state index is 10.4. The van der Waals surface area contributed by atoms with Crippen molar-refractivity contribution in [1.82, 2.24) is 4.90 Å². The third-order valence-electron chi connectivity index (χ3n) is 4.76. The van der Waals surface area contributed by atoms with Crippen LogP contribution in [-0.2, 0) is 0 Å². The molecule has 0 bridgehead atoms. The monoisotopic (exact) mass is 355 g/mol. The van der Waals surface area contributed by atoms with Crippen molar-refractivity contribution in [3.8, 4) is 5.75 Å². The fourth-order valence-corrected chi connectivity index (χ4v) is 3.53. The summed E-state index contributed by atoms with van der Waals surface area (Å²) in [7, 11) is 0. The molecular weight excluding hydrogens is 318 g/mol. The zero-order valence-corrected chi connectivity index (χ0v) is 17.7. The highest BCUT2D eigenvalue weighted by molar-refractivity contribution is 5.43. The number of rotatable bonds is 7. The second-order valence-electron chi connectivity index (χ2n) is 7.24. The maximum Gasteiger partial charge on any atom is 0.119 e. The predicted molar refractivity (Wildman–Crippen MR) is 114 cm³/mol. The molecule has 0 saturated carbocycles. The largest absolute Gasteiger partial charge is 0.508 e. The van der Waals surface area contributed by atoms with E-state index in [1.54, 1.807) is 0 Å². The highest BCUT2D eigenvalue weighted by Crippen LogP contribution is 2.35. The van der Waals surface area contributed by atoms with Gasteiger partial charge in [0.15, 0.2) is 0 Å². The van der Waals surface area contributed by atoms with Gasteiger partial charge in [-0.05, 0) is 59.2 Å². The Morgan fingerprint density at radius 1 is 0.885 bits per heavy atom. The van der Waals surface area contributed by atoms with Crippen LogP contribution in [0.3, 0.4) is 0 Å². The maximum absolute atomic E-state index is 10.4. The molecule has 2 nitrogen and oxygen atoms in total. The second kappa shape index (κ2) is 11.0. The Balaban J connectivity index is 0.00000163. The van der Waals surface area contributed by atoms with Crippen molar-refractivity contribution >= 4 is 0 Å². The van der Waals surface area contributed by atoms with Gasteiger partial charge < -0.3 is 5.11 Å². The summed E-state index contributed by atoms with van der Waals surface area (Å²) in [6.07, 6.45) is 0.997. The van der Waals surface area contributed by atoms with E-state index < -0.39 is 0 Å². The zero-order valence-electron chi connectivity index (χ0n) is 17.7. The van der Waals surface area contributed by atoms with Gasteiger partial charge in [0.25, 0.3) is 0 Å². The molecule has 2 aromatic rings. The molecular formula is C24H37NO. The van der Waals surface area contributed by atoms with E-state index in [1.165, 1.54) is 11.1 Å². The van der Waals surface area contributed by atoms with Gasteiger partial charge in [0.2, 0.25) is 0 Å². The molecule has 0 spiro atoms. The lowest BCUT2D eigenvalue weighted by atomic mass is 9.87. The van der Waals surface area contributed by atoms with Crippen molar-refractivity contribution in [3.05, 3.63) is 65.2 Å². The topological polar surface area (TPSA) is 23.5 Å². The number of aromatic hydroxyl groups is 1. The molecule has 0 aliphatic heterocycles. The Kier molecular flexibility index (Phi) is 9.43. The average Bonchev–Trinajstić information content (AvgIpc) is 2.63. The Morgan fingerprint density at radius 3 is 2.00 bits per heavy atom. The molecule has 144 valence electrons. The first-order valence-electron chi connectivity index (χ1n) is 10.00. The molecule has 0 aromatic heterocycles. The van der Waals surface area contributed by atoms with Gasteiger partial charge in [-0.15, -0.1) is 0 Å². The number of phenolic OH excluding ortho intramolecular Hbond substituents is 1. The Hall–Kier alpha value is -1.80. The quantitative estimate of drug-likeness (QED) is 0.624. The minimum absolute atomic E-state index is 0.214. The molecule has 26 heavy (non-hydrogen) atoms. The zero-order chi connectivity index (χ0) is 19.7. The van der Waals surface area contributed by atoms with Crippen LogP contribution >= 0.6 is 0 Å². The summed E-state index contributed by atoms with van der Waals surface area (Å²) in [6.45, 7) is 16.1. The van der Waals surface area contributed by atoms with E-state index >= 15 is 0 Å². The molecule has 1 unspecified atom stereocenters. The van der Waals surface area contributed by atoms with Crippen LogP contribution in [0, 0.1) is 6.92 Å². The molecule has 2 heteroatoms. The minimum Gasteiger partial charge on any atom is -0.508 e. The lowest BCUT2D eigenvalue weighted by molar-refractivity contribution is 0.170. The summed E-state index contributed by atoms with van der Waals surface area (Å²) in [5.74, 6) is 0.612. The fraction of sp³-hybridized carbons (Fsp3) is 0.500. The first-order valence-corrected chi connectivity index (χ1v) is 10.00. The molecule has 2 aromatic carbocycles. The van der Waals surface area contributed by atoms with E-state index in [9.17, 15) is 5.11 Å². The second-order valence-corrected chi connectivity index (χ2v) is 7.24. The molecule has 0 saturated heterocycles. The minimum atomic E-state index is 0.214. The highest BCUT2D eigenvalue weighted by Gasteiger charge is 2.21. The van der Waals surface area contributed by atoms with Gasteiger partial charge in [-0.3, -0.25) is 4.90 Å². The van der Waals surface area contributed by atoms with Crippen LogP contribution in [0.5, 0.6) is 5.75 Å². The van der Waals surface area contributed by atoms with Crippen molar-refractivity contribution in [2.24, 2.45) is 0 Å². The predicted octanol–water partition coefficient (Wildman–Crippen LogP) is 6.37. The summed E-state index contributed by atoms with van der Waals surface area (Å²) in [6, 6.07) is 17.5. The van der Waals surface area contributed by atoms with E-state index in [2.05, 4.69) is 69.9 Å². The summed E-state index contributed by atoms with van der Waals surface area (Å²) in [5.41, 5.74) is 3.49. The summed E-state index contributed by atoms with van der Waals surface area (Å²) < 4.78 is 0. The normalized spacial score (nSPS) is 12.2. The smallest absolute Gasteiger partial charge is 0.119 e. The van der Waals surface area contributed by atoms with Crippen molar-refractivity contribution in [2.75, 3.05) is 6.54 Å². The molecule has 1 atom stereocenters. The van der Waals surface area contributed by atoms with Crippen LogP contribution in [-0.4, -0.2) is 28.6 Å². The van der Waals surface area contributed by atoms with Crippen LogP contribution < -0.4 is 0 Å². The summed E-state index contributed by atoms with van der Waals surface area (Å²) in [4.78, 5) is 2.52. The number of benzene rings is 2. The van der Waals surface area contributed by atoms with Crippen LogP contribution in [0.1, 0.15) is 70.6 Å². The lowest BCUT2D eigenvalue weighted by Crippen LogP contribution is -2.38. The van der Waals surface area contributed by atoms with Gasteiger partial charge in [0, 0.05) is 23.6 Å². The Bertz CT molecular complexity index is 626. The fourth-order valence-electron chi connectivity index (χ4n) is 3.53. The summed E-state index contributed by atoms with van der Waals surface area (Å²) in [5, 5.41) is 10.4. The molecule has 1 N–H and O–H groups in total. The van der Waals surface area contributed by atoms with Gasteiger partial charge in [-0.25, -0.2) is 0 Å². The van der Waals surface area contributed by atoms with Crippen molar-refractivity contribution in [2.45, 2.75) is 72.9 Å². The molecule has 0 aliphatic rings. The van der Waals surface area contributed by atoms with E-state index in [4.69, 9.17) is 0 Å². The number of aryl methyl sites for hydroxylation is 1. The van der Waals surface area contributed by atoms with E-state index in [1.807, 2.05) is 32.0 Å². The van der Waals surface area contributed by atoms with Crippen LogP contribution in [0.4, 0.5) is 0 Å². The number of phenols is 1. The number of hydrogen-bond donors (Lipinski definition) is 1. The van der Waals surface area contributed by atoms with Crippen LogP contribution in [0.25, 0.3) is 0 Å². The molecule has 0 aliphatic carbocycles. The van der Waals surface area contributed by atoms with Gasteiger partial charge in [0.1, 0.15) is 5.75 Å². The summed E-state index contributed by atoms with van der Waals surface area (Å²) >= 11 is 0. The molecule has 2 rings (SSSR count). The van der Waals surface area contributed by atoms with E-state index in [0.29, 0.717) is 17.8 Å². The van der Waals surface area contributed by atoms with Crippen molar-refractivity contribution < 1.29 is 5.11 Å². The Labute approximate surface area is 160 Å². The lowest BCUT2D eigenvalue weighted by Gasteiger charge is -2.32.